The standard InChI is InChI=1S/C14H18O2/c1-10(2)12-4-6-13(7-5-12)14(11(3)15)8-16-9-14/h4-7,10H,8-9H2,1-3H3. The minimum atomic E-state index is -0.366. The van der Waals surface area contributed by atoms with Crippen LogP contribution >= 0.6 is 0 Å². The van der Waals surface area contributed by atoms with Crippen LogP contribution in [0.2, 0.25) is 0 Å². The van der Waals surface area contributed by atoms with Gasteiger partial charge in [-0.15, -0.1) is 0 Å². The maximum atomic E-state index is 11.7. The third-order valence-electron chi connectivity index (χ3n) is 3.50. The lowest BCUT2D eigenvalue weighted by molar-refractivity contribution is -0.140. The predicted octanol–water partition coefficient (Wildman–Crippen LogP) is 2.67. The van der Waals surface area contributed by atoms with Gasteiger partial charge in [0.15, 0.2) is 0 Å². The average molecular weight is 218 g/mol. The van der Waals surface area contributed by atoms with Gasteiger partial charge in [0.2, 0.25) is 0 Å². The highest BCUT2D eigenvalue weighted by atomic mass is 16.5. The van der Waals surface area contributed by atoms with E-state index in [2.05, 4.69) is 38.1 Å². The molecular weight excluding hydrogens is 200 g/mol. The van der Waals surface area contributed by atoms with Crippen LogP contribution in [0.3, 0.4) is 0 Å². The van der Waals surface area contributed by atoms with Crippen LogP contribution in [0.5, 0.6) is 0 Å². The van der Waals surface area contributed by atoms with Crippen LogP contribution in [0.4, 0.5) is 0 Å². The zero-order valence-electron chi connectivity index (χ0n) is 10.1. The maximum absolute atomic E-state index is 11.7. The van der Waals surface area contributed by atoms with Crippen LogP contribution in [-0.2, 0) is 14.9 Å². The topological polar surface area (TPSA) is 26.3 Å². The van der Waals surface area contributed by atoms with E-state index in [1.165, 1.54) is 5.56 Å². The van der Waals surface area contributed by atoms with Crippen molar-refractivity contribution in [3.8, 4) is 0 Å². The Morgan fingerprint density at radius 3 is 2.12 bits per heavy atom. The fourth-order valence-corrected chi connectivity index (χ4v) is 2.07. The molecule has 0 N–H and O–H groups in total. The van der Waals surface area contributed by atoms with Gasteiger partial charge in [0.25, 0.3) is 0 Å². The highest BCUT2D eigenvalue weighted by Gasteiger charge is 2.44. The summed E-state index contributed by atoms with van der Waals surface area (Å²) in [6.45, 7) is 7.05. The molecule has 0 saturated carbocycles. The molecule has 86 valence electrons. The highest BCUT2D eigenvalue weighted by molar-refractivity contribution is 5.89. The molecular formula is C14H18O2. The van der Waals surface area contributed by atoms with Crippen molar-refractivity contribution in [2.75, 3.05) is 13.2 Å². The molecule has 1 fully saturated rings. The predicted molar refractivity (Wildman–Crippen MR) is 63.7 cm³/mol. The van der Waals surface area contributed by atoms with Gasteiger partial charge < -0.3 is 4.74 Å². The van der Waals surface area contributed by atoms with Crippen LogP contribution in [0.25, 0.3) is 0 Å². The fraction of sp³-hybridized carbons (Fsp3) is 0.500. The van der Waals surface area contributed by atoms with Gasteiger partial charge in [0.05, 0.1) is 13.2 Å². The molecule has 0 aliphatic carbocycles. The average Bonchev–Trinajstić information content (AvgIpc) is 2.16. The lowest BCUT2D eigenvalue weighted by Gasteiger charge is -2.39. The highest BCUT2D eigenvalue weighted by Crippen LogP contribution is 2.33. The van der Waals surface area contributed by atoms with Crippen LogP contribution in [0.15, 0.2) is 24.3 Å². The van der Waals surface area contributed by atoms with Gasteiger partial charge >= 0.3 is 0 Å². The van der Waals surface area contributed by atoms with Crippen LogP contribution in [0.1, 0.15) is 37.8 Å². The van der Waals surface area contributed by atoms with Crippen LogP contribution in [-0.4, -0.2) is 19.0 Å². The Kier molecular flexibility index (Phi) is 2.85. The van der Waals surface area contributed by atoms with E-state index in [9.17, 15) is 4.79 Å². The van der Waals surface area contributed by atoms with Crippen molar-refractivity contribution < 1.29 is 9.53 Å². The first-order chi connectivity index (χ1) is 7.56. The Balaban J connectivity index is 2.30. The van der Waals surface area contributed by atoms with E-state index < -0.39 is 0 Å². The molecule has 0 bridgehead atoms. The number of benzene rings is 1. The van der Waals surface area contributed by atoms with Crippen molar-refractivity contribution in [3.63, 3.8) is 0 Å². The molecule has 1 saturated heterocycles. The number of ketones is 1. The van der Waals surface area contributed by atoms with Gasteiger partial charge in [-0.05, 0) is 24.0 Å². The van der Waals surface area contributed by atoms with Gasteiger partial charge in [0.1, 0.15) is 11.2 Å². The molecule has 0 radical (unpaired) electrons. The molecule has 1 aromatic rings. The molecule has 0 atom stereocenters. The molecule has 0 aromatic heterocycles. The second-order valence-corrected chi connectivity index (χ2v) is 4.91. The van der Waals surface area contributed by atoms with Crippen LogP contribution in [0, 0.1) is 0 Å². The SMILES string of the molecule is CC(=O)C1(c2ccc(C(C)C)cc2)COC1. The Morgan fingerprint density at radius 1 is 1.25 bits per heavy atom. The van der Waals surface area contributed by atoms with Crippen molar-refractivity contribution in [1.82, 2.24) is 0 Å². The Morgan fingerprint density at radius 2 is 1.81 bits per heavy atom. The summed E-state index contributed by atoms with van der Waals surface area (Å²) < 4.78 is 5.21. The maximum Gasteiger partial charge on any atom is 0.145 e. The lowest BCUT2D eigenvalue weighted by atomic mass is 9.75. The molecule has 1 aromatic carbocycles. The molecule has 0 amide bonds. The number of hydrogen-bond acceptors (Lipinski definition) is 2. The number of carbonyl (C=O) groups excluding carboxylic acids is 1. The molecule has 1 heterocycles. The summed E-state index contributed by atoms with van der Waals surface area (Å²) in [7, 11) is 0. The van der Waals surface area contributed by atoms with E-state index in [-0.39, 0.29) is 11.2 Å². The second kappa shape index (κ2) is 4.02. The first-order valence-corrected chi connectivity index (χ1v) is 5.75. The van der Waals surface area contributed by atoms with Crippen molar-refractivity contribution in [2.24, 2.45) is 0 Å². The summed E-state index contributed by atoms with van der Waals surface area (Å²) in [5.74, 6) is 0.732. The monoisotopic (exact) mass is 218 g/mol. The molecule has 2 heteroatoms. The molecule has 16 heavy (non-hydrogen) atoms. The molecule has 1 aliphatic heterocycles. The third kappa shape index (κ3) is 1.67. The van der Waals surface area contributed by atoms with E-state index in [0.717, 1.165) is 5.56 Å². The Labute approximate surface area is 96.6 Å². The van der Waals surface area contributed by atoms with E-state index in [1.54, 1.807) is 6.92 Å². The van der Waals surface area contributed by atoms with Crippen LogP contribution < -0.4 is 0 Å². The minimum absolute atomic E-state index is 0.205. The van der Waals surface area contributed by atoms with E-state index in [1.807, 2.05) is 0 Å². The molecule has 0 unspecified atom stereocenters. The normalized spacial score (nSPS) is 18.2. The lowest BCUT2D eigenvalue weighted by Crippen LogP contribution is -2.52. The third-order valence-corrected chi connectivity index (χ3v) is 3.50. The largest absolute Gasteiger partial charge is 0.378 e. The van der Waals surface area contributed by atoms with E-state index in [4.69, 9.17) is 4.74 Å². The number of ether oxygens (including phenoxy) is 1. The number of rotatable bonds is 3. The minimum Gasteiger partial charge on any atom is -0.378 e. The van der Waals surface area contributed by atoms with Gasteiger partial charge in [-0.3, -0.25) is 4.79 Å². The van der Waals surface area contributed by atoms with E-state index in [0.29, 0.717) is 19.1 Å². The van der Waals surface area contributed by atoms with E-state index >= 15 is 0 Å². The van der Waals surface area contributed by atoms with Gasteiger partial charge in [-0.2, -0.15) is 0 Å². The Bertz CT molecular complexity index is 386. The van der Waals surface area contributed by atoms with Crippen molar-refractivity contribution in [3.05, 3.63) is 35.4 Å². The molecule has 0 spiro atoms. The van der Waals surface area contributed by atoms with Gasteiger partial charge in [0, 0.05) is 0 Å². The summed E-state index contributed by atoms with van der Waals surface area (Å²) >= 11 is 0. The summed E-state index contributed by atoms with van der Waals surface area (Å²) in [5, 5.41) is 0. The Hall–Kier alpha value is -1.15. The zero-order valence-corrected chi connectivity index (χ0v) is 10.1. The first kappa shape index (κ1) is 11.3. The number of Topliss-reactive ketones (excluding diaryl/α,β-unsaturated/α-hetero) is 1. The fourth-order valence-electron chi connectivity index (χ4n) is 2.07. The molecule has 2 rings (SSSR count). The second-order valence-electron chi connectivity index (χ2n) is 4.91. The zero-order chi connectivity index (χ0) is 11.8. The van der Waals surface area contributed by atoms with Gasteiger partial charge in [-0.1, -0.05) is 38.1 Å². The van der Waals surface area contributed by atoms with Gasteiger partial charge in [-0.25, -0.2) is 0 Å². The van der Waals surface area contributed by atoms with Crippen molar-refractivity contribution in [1.29, 1.82) is 0 Å². The van der Waals surface area contributed by atoms with Crippen molar-refractivity contribution in [2.45, 2.75) is 32.1 Å². The summed E-state index contributed by atoms with van der Waals surface area (Å²) in [5.41, 5.74) is 2.04. The molecule has 2 nitrogen and oxygen atoms in total. The quantitative estimate of drug-likeness (QED) is 0.779. The number of carbonyl (C=O) groups is 1. The summed E-state index contributed by atoms with van der Waals surface area (Å²) in [6, 6.07) is 8.37. The smallest absolute Gasteiger partial charge is 0.145 e. The first-order valence-electron chi connectivity index (χ1n) is 5.75. The van der Waals surface area contributed by atoms with Crippen molar-refractivity contribution >= 4 is 5.78 Å². The summed E-state index contributed by atoms with van der Waals surface area (Å²) in [6.07, 6.45) is 0. The molecule has 1 aliphatic rings. The number of hydrogen-bond donors (Lipinski definition) is 0. The summed E-state index contributed by atoms with van der Waals surface area (Å²) in [4.78, 5) is 11.7.